The number of carbonyl (C=O) groups is 1. The quantitative estimate of drug-likeness (QED) is 0.0725. The third-order valence-corrected chi connectivity index (χ3v) is 10.5. The molecule has 47 heavy (non-hydrogen) atoms. The molecule has 3 aliphatic carbocycles. The van der Waals surface area contributed by atoms with Crippen molar-refractivity contribution in [2.24, 2.45) is 45.5 Å². The van der Waals surface area contributed by atoms with Crippen LogP contribution in [0.15, 0.2) is 16.8 Å². The number of hydrogen-bond donors (Lipinski definition) is 12. The van der Waals surface area contributed by atoms with Gasteiger partial charge in [-0.15, -0.1) is 0 Å². The van der Waals surface area contributed by atoms with Crippen molar-refractivity contribution < 1.29 is 39.4 Å². The number of nitrogens with two attached hydrogens (primary N) is 5. The molecule has 1 amide bonds. The standard InChI is InChI=1S/C30H55N9O8/c1-29(43)12-45-26(22(41)25(29)36-2)47-24-19(39-27(42)30(44)8-15(9-30)38-28(34)35)7-18(33)20(21(24)40)23-17(32)4-3-16(46-23)11-37-10-13-5-14(31)6-13/h3,13-15,17-26,36-37,40-41,43-44H,4-12,31-33H2,1-2H3,(H,39,42)(H4,34,35,38). The number of rotatable bonds is 11. The predicted molar refractivity (Wildman–Crippen MR) is 171 cm³/mol. The van der Waals surface area contributed by atoms with Crippen LogP contribution in [0.2, 0.25) is 0 Å². The zero-order valence-corrected chi connectivity index (χ0v) is 27.2. The minimum Gasteiger partial charge on any atom is -0.492 e. The highest BCUT2D eigenvalue weighted by atomic mass is 16.7. The van der Waals surface area contributed by atoms with E-state index in [4.69, 9.17) is 42.9 Å². The zero-order valence-electron chi connectivity index (χ0n) is 27.2. The van der Waals surface area contributed by atoms with E-state index in [0.29, 0.717) is 24.6 Å². The van der Waals surface area contributed by atoms with E-state index in [9.17, 15) is 25.2 Å². The topological polar surface area (TPSA) is 304 Å². The molecule has 0 aromatic heterocycles. The number of likely N-dealkylation sites (N-methyl/N-ethyl adjacent to an activating group) is 1. The second kappa shape index (κ2) is 14.4. The lowest BCUT2D eigenvalue weighted by Crippen LogP contribution is -2.70. The van der Waals surface area contributed by atoms with Gasteiger partial charge in [0.1, 0.15) is 35.3 Å². The molecule has 0 aromatic carbocycles. The molecular formula is C30H55N9O8. The summed E-state index contributed by atoms with van der Waals surface area (Å²) in [6, 6.07) is -3.03. The van der Waals surface area contributed by atoms with E-state index in [2.05, 4.69) is 20.9 Å². The number of hydrogen-bond acceptors (Lipinski definition) is 14. The lowest BCUT2D eigenvalue weighted by atomic mass is 9.71. The second-order valence-electron chi connectivity index (χ2n) is 14.5. The molecule has 11 atom stereocenters. The molecule has 5 aliphatic rings. The number of nitrogens with zero attached hydrogens (tertiary/aromatic N) is 1. The van der Waals surface area contributed by atoms with Gasteiger partial charge in [0.05, 0.1) is 37.4 Å². The van der Waals surface area contributed by atoms with Crippen molar-refractivity contribution in [2.45, 2.75) is 124 Å². The summed E-state index contributed by atoms with van der Waals surface area (Å²) in [6.45, 7) is 2.66. The normalized spacial score (nSPS) is 46.7. The fourth-order valence-corrected chi connectivity index (χ4v) is 7.82. The van der Waals surface area contributed by atoms with Crippen molar-refractivity contribution in [2.75, 3.05) is 26.7 Å². The molecular weight excluding hydrogens is 614 g/mol. The summed E-state index contributed by atoms with van der Waals surface area (Å²) in [5, 5.41) is 54.0. The van der Waals surface area contributed by atoms with Gasteiger partial charge in [-0.1, -0.05) is 0 Å². The number of guanidine groups is 1. The molecule has 0 aromatic rings. The molecule has 11 unspecified atom stereocenters. The molecule has 3 saturated carbocycles. The lowest BCUT2D eigenvalue weighted by Gasteiger charge is -2.51. The maximum atomic E-state index is 13.4. The average molecular weight is 670 g/mol. The highest BCUT2D eigenvalue weighted by molar-refractivity contribution is 5.87. The molecule has 17 N–H and O–H groups in total. The van der Waals surface area contributed by atoms with E-state index < -0.39 is 83.9 Å². The van der Waals surface area contributed by atoms with E-state index >= 15 is 0 Å². The average Bonchev–Trinajstić information content (AvgIpc) is 2.95. The fourth-order valence-electron chi connectivity index (χ4n) is 7.82. The first-order valence-electron chi connectivity index (χ1n) is 16.6. The molecule has 17 nitrogen and oxygen atoms in total. The van der Waals surface area contributed by atoms with Crippen LogP contribution < -0.4 is 44.6 Å². The Kier molecular flexibility index (Phi) is 11.0. The monoisotopic (exact) mass is 669 g/mol. The molecule has 0 bridgehead atoms. The predicted octanol–water partition coefficient (Wildman–Crippen LogP) is -4.89. The summed E-state index contributed by atoms with van der Waals surface area (Å²) < 4.78 is 18.4. The van der Waals surface area contributed by atoms with Gasteiger partial charge in [0.15, 0.2) is 12.2 Å². The molecule has 2 heterocycles. The summed E-state index contributed by atoms with van der Waals surface area (Å²) in [7, 11) is 1.59. The molecule has 4 fully saturated rings. The zero-order chi connectivity index (χ0) is 34.3. The number of ether oxygens (including phenoxy) is 3. The molecule has 2 aliphatic heterocycles. The molecule has 17 heteroatoms. The largest absolute Gasteiger partial charge is 0.492 e. The maximum absolute atomic E-state index is 13.4. The SMILES string of the molecule is CNC1C(O)C(OC2C(NC(=O)C3(O)CC(N=C(N)N)C3)CC(N)C(C3OC(CNCC4CC(N)C4)=CCC3N)C2O)OCC1(C)O. The fraction of sp³-hybridized carbons (Fsp3) is 0.867. The Balaban J connectivity index is 1.31. The van der Waals surface area contributed by atoms with Gasteiger partial charge in [-0.3, -0.25) is 9.79 Å². The first-order valence-corrected chi connectivity index (χ1v) is 16.6. The van der Waals surface area contributed by atoms with Gasteiger partial charge in [-0.25, -0.2) is 0 Å². The van der Waals surface area contributed by atoms with Crippen molar-refractivity contribution >= 4 is 11.9 Å². The van der Waals surface area contributed by atoms with Crippen molar-refractivity contribution in [1.29, 1.82) is 0 Å². The molecule has 268 valence electrons. The second-order valence-corrected chi connectivity index (χ2v) is 14.5. The summed E-state index contributed by atoms with van der Waals surface area (Å²) in [4.78, 5) is 17.4. The van der Waals surface area contributed by atoms with Crippen LogP contribution in [-0.4, -0.2) is 137 Å². The third kappa shape index (κ3) is 7.86. The van der Waals surface area contributed by atoms with Gasteiger partial charge in [0, 0.05) is 36.9 Å². The van der Waals surface area contributed by atoms with E-state index in [-0.39, 0.29) is 37.9 Å². The van der Waals surface area contributed by atoms with Gasteiger partial charge in [0.25, 0.3) is 5.91 Å². The lowest BCUT2D eigenvalue weighted by molar-refractivity contribution is -0.297. The number of nitrogens with one attached hydrogen (secondary N) is 3. The molecule has 0 radical (unpaired) electrons. The number of amides is 1. The highest BCUT2D eigenvalue weighted by Gasteiger charge is 2.55. The van der Waals surface area contributed by atoms with Gasteiger partial charge in [-0.05, 0) is 58.2 Å². The molecule has 1 saturated heterocycles. The van der Waals surface area contributed by atoms with Gasteiger partial charge in [-0.2, -0.15) is 0 Å². The first kappa shape index (κ1) is 36.1. The van der Waals surface area contributed by atoms with E-state index in [1.165, 1.54) is 6.92 Å². The summed E-state index contributed by atoms with van der Waals surface area (Å²) in [5.41, 5.74) is 26.9. The first-order chi connectivity index (χ1) is 22.1. The van der Waals surface area contributed by atoms with Crippen molar-refractivity contribution in [3.63, 3.8) is 0 Å². The van der Waals surface area contributed by atoms with Gasteiger partial charge < -0.3 is 79.3 Å². The van der Waals surface area contributed by atoms with E-state index in [1.807, 2.05) is 6.08 Å². The number of aliphatic hydroxyl groups excluding tert-OH is 2. The number of aliphatic imine (C=N–C) groups is 1. The van der Waals surface area contributed by atoms with Gasteiger partial charge in [0.2, 0.25) is 0 Å². The number of carbonyl (C=O) groups excluding carboxylic acids is 1. The van der Waals surface area contributed by atoms with Crippen LogP contribution in [0, 0.1) is 11.8 Å². The molecule has 0 spiro atoms. The van der Waals surface area contributed by atoms with Crippen LogP contribution in [0.1, 0.15) is 45.4 Å². The Morgan fingerprint density at radius 1 is 1.11 bits per heavy atom. The molecule has 5 rings (SSSR count). The Labute approximate surface area is 275 Å². The third-order valence-electron chi connectivity index (χ3n) is 10.5. The van der Waals surface area contributed by atoms with Crippen LogP contribution in [0.3, 0.4) is 0 Å². The minimum atomic E-state index is -1.73. The summed E-state index contributed by atoms with van der Waals surface area (Å²) >= 11 is 0. The Hall–Kier alpha value is -2.16. The van der Waals surface area contributed by atoms with E-state index in [0.717, 1.165) is 19.4 Å². The van der Waals surface area contributed by atoms with E-state index in [1.54, 1.807) is 7.05 Å². The van der Waals surface area contributed by atoms with Crippen molar-refractivity contribution in [3.8, 4) is 0 Å². The Bertz CT molecular complexity index is 1160. The van der Waals surface area contributed by atoms with Gasteiger partial charge >= 0.3 is 0 Å². The van der Waals surface area contributed by atoms with Crippen LogP contribution in [0.5, 0.6) is 0 Å². The minimum absolute atomic E-state index is 0.0110. The highest BCUT2D eigenvalue weighted by Crippen LogP contribution is 2.39. The van der Waals surface area contributed by atoms with Crippen molar-refractivity contribution in [3.05, 3.63) is 11.8 Å². The van der Waals surface area contributed by atoms with Crippen LogP contribution in [-0.2, 0) is 19.0 Å². The Morgan fingerprint density at radius 2 is 1.81 bits per heavy atom. The van der Waals surface area contributed by atoms with Crippen LogP contribution in [0.4, 0.5) is 0 Å². The summed E-state index contributed by atoms with van der Waals surface area (Å²) in [6.07, 6.45) is -1.22. The van der Waals surface area contributed by atoms with Crippen LogP contribution in [0.25, 0.3) is 0 Å². The van der Waals surface area contributed by atoms with Crippen molar-refractivity contribution in [1.82, 2.24) is 16.0 Å². The Morgan fingerprint density at radius 3 is 2.45 bits per heavy atom. The smallest absolute Gasteiger partial charge is 0.252 e. The maximum Gasteiger partial charge on any atom is 0.252 e. The summed E-state index contributed by atoms with van der Waals surface area (Å²) in [5.74, 6) is -0.321. The van der Waals surface area contributed by atoms with Crippen LogP contribution >= 0.6 is 0 Å². The number of aliphatic hydroxyl groups is 4.